The number of rotatable bonds is 10. The smallest absolute Gasteiger partial charge is 0.193 e. The molecule has 29 heavy (non-hydrogen) atoms. The van der Waals surface area contributed by atoms with E-state index in [0.29, 0.717) is 19.1 Å². The van der Waals surface area contributed by atoms with Crippen LogP contribution in [0.3, 0.4) is 0 Å². The predicted molar refractivity (Wildman–Crippen MR) is 129 cm³/mol. The molecule has 0 aromatic heterocycles. The van der Waals surface area contributed by atoms with Crippen LogP contribution in [0.2, 0.25) is 0 Å². The molecule has 0 radical (unpaired) electrons. The monoisotopic (exact) mass is 520 g/mol. The van der Waals surface area contributed by atoms with Crippen molar-refractivity contribution < 1.29 is 14.2 Å². The lowest BCUT2D eigenvalue weighted by Gasteiger charge is -2.28. The van der Waals surface area contributed by atoms with Crippen LogP contribution in [-0.4, -0.2) is 90.6 Å². The van der Waals surface area contributed by atoms with Gasteiger partial charge in [0, 0.05) is 39.7 Å². The van der Waals surface area contributed by atoms with Crippen LogP contribution in [0.1, 0.15) is 18.0 Å². The van der Waals surface area contributed by atoms with E-state index in [4.69, 9.17) is 14.2 Å². The fraction of sp³-hybridized carbons (Fsp3) is 0.667. The van der Waals surface area contributed by atoms with E-state index in [-0.39, 0.29) is 30.0 Å². The summed E-state index contributed by atoms with van der Waals surface area (Å²) < 4.78 is 16.1. The standard InChI is InChI=1S/C21H36N4O3.HI/c1-22-21(25-10-9-17(15-25)16-28-12-11-26-4)23-14-20(24(2)3)18-7-6-8-19(13-18)27-5;/h6-8,13,17,20H,9-12,14-16H2,1-5H3,(H,22,23);1H. The molecule has 1 fully saturated rings. The Hall–Kier alpha value is -1.10. The van der Waals surface area contributed by atoms with Gasteiger partial charge in [0.15, 0.2) is 5.96 Å². The summed E-state index contributed by atoms with van der Waals surface area (Å²) in [5, 5.41) is 3.56. The highest BCUT2D eigenvalue weighted by Gasteiger charge is 2.25. The number of guanidine groups is 1. The summed E-state index contributed by atoms with van der Waals surface area (Å²) in [5.41, 5.74) is 1.22. The Morgan fingerprint density at radius 3 is 2.76 bits per heavy atom. The van der Waals surface area contributed by atoms with E-state index in [1.54, 1.807) is 14.2 Å². The van der Waals surface area contributed by atoms with Gasteiger partial charge in [-0.3, -0.25) is 4.99 Å². The van der Waals surface area contributed by atoms with Crippen LogP contribution in [0.15, 0.2) is 29.3 Å². The lowest BCUT2D eigenvalue weighted by Crippen LogP contribution is -2.43. The highest BCUT2D eigenvalue weighted by molar-refractivity contribution is 14.0. The first-order chi connectivity index (χ1) is 13.6. The molecule has 0 bridgehead atoms. The van der Waals surface area contributed by atoms with Crippen molar-refractivity contribution in [2.75, 3.05) is 74.8 Å². The fourth-order valence-electron chi connectivity index (χ4n) is 3.52. The second-order valence-corrected chi connectivity index (χ2v) is 7.35. The maximum atomic E-state index is 5.70. The number of ether oxygens (including phenoxy) is 3. The number of hydrogen-bond donors (Lipinski definition) is 1. The van der Waals surface area contributed by atoms with Crippen LogP contribution in [0.5, 0.6) is 5.75 Å². The SMILES string of the molecule is CN=C(NCC(c1cccc(OC)c1)N(C)C)N1CCC(COCCOC)C1.I. The minimum atomic E-state index is 0. The summed E-state index contributed by atoms with van der Waals surface area (Å²) in [6.45, 7) is 4.84. The molecular weight excluding hydrogens is 483 g/mol. The van der Waals surface area contributed by atoms with Gasteiger partial charge < -0.3 is 29.3 Å². The number of aliphatic imine (C=N–C) groups is 1. The molecule has 2 atom stereocenters. The summed E-state index contributed by atoms with van der Waals surface area (Å²) >= 11 is 0. The summed E-state index contributed by atoms with van der Waals surface area (Å²) in [4.78, 5) is 9.04. The summed E-state index contributed by atoms with van der Waals surface area (Å²) in [5.74, 6) is 2.37. The largest absolute Gasteiger partial charge is 0.497 e. The van der Waals surface area contributed by atoms with Gasteiger partial charge in [-0.15, -0.1) is 24.0 Å². The number of likely N-dealkylation sites (tertiary alicyclic amines) is 1. The van der Waals surface area contributed by atoms with Gasteiger partial charge in [-0.25, -0.2) is 0 Å². The minimum Gasteiger partial charge on any atom is -0.497 e. The summed E-state index contributed by atoms with van der Waals surface area (Å²) in [6, 6.07) is 8.47. The molecule has 8 heteroatoms. The molecule has 0 aliphatic carbocycles. The average molecular weight is 520 g/mol. The Morgan fingerprint density at radius 2 is 2.10 bits per heavy atom. The first-order valence-corrected chi connectivity index (χ1v) is 9.91. The molecule has 2 unspecified atom stereocenters. The topological polar surface area (TPSA) is 58.6 Å². The maximum Gasteiger partial charge on any atom is 0.193 e. The lowest BCUT2D eigenvalue weighted by molar-refractivity contribution is 0.0536. The number of likely N-dealkylation sites (N-methyl/N-ethyl adjacent to an activating group) is 1. The number of hydrogen-bond acceptors (Lipinski definition) is 5. The first-order valence-electron chi connectivity index (χ1n) is 9.91. The molecule has 1 N–H and O–H groups in total. The average Bonchev–Trinajstić information content (AvgIpc) is 3.17. The zero-order valence-electron chi connectivity index (χ0n) is 18.4. The van der Waals surface area contributed by atoms with E-state index < -0.39 is 0 Å². The summed E-state index contributed by atoms with van der Waals surface area (Å²) in [7, 11) is 9.44. The van der Waals surface area contributed by atoms with Crippen LogP contribution >= 0.6 is 24.0 Å². The molecule has 1 aliphatic rings. The van der Waals surface area contributed by atoms with Crippen LogP contribution in [-0.2, 0) is 9.47 Å². The Kier molecular flexibility index (Phi) is 12.5. The quantitative estimate of drug-likeness (QED) is 0.222. The van der Waals surface area contributed by atoms with Gasteiger partial charge in [-0.05, 0) is 38.2 Å². The molecule has 0 saturated carbocycles. The van der Waals surface area contributed by atoms with Gasteiger partial charge >= 0.3 is 0 Å². The van der Waals surface area contributed by atoms with Gasteiger partial charge in [0.1, 0.15) is 5.75 Å². The maximum absolute atomic E-state index is 5.70. The van der Waals surface area contributed by atoms with E-state index in [9.17, 15) is 0 Å². The van der Waals surface area contributed by atoms with Crippen LogP contribution in [0, 0.1) is 5.92 Å². The van der Waals surface area contributed by atoms with E-state index in [1.165, 1.54) is 5.56 Å². The number of halogens is 1. The number of benzene rings is 1. The van der Waals surface area contributed by atoms with Crippen molar-refractivity contribution in [2.45, 2.75) is 12.5 Å². The zero-order chi connectivity index (χ0) is 20.4. The van der Waals surface area contributed by atoms with Gasteiger partial charge in [0.2, 0.25) is 0 Å². The zero-order valence-corrected chi connectivity index (χ0v) is 20.7. The van der Waals surface area contributed by atoms with Gasteiger partial charge in [0.25, 0.3) is 0 Å². The van der Waals surface area contributed by atoms with E-state index in [0.717, 1.165) is 44.4 Å². The molecule has 1 heterocycles. The van der Waals surface area contributed by atoms with E-state index in [1.807, 2.05) is 19.2 Å². The number of methoxy groups -OCH3 is 2. The van der Waals surface area contributed by atoms with Crippen molar-refractivity contribution in [1.29, 1.82) is 0 Å². The van der Waals surface area contributed by atoms with Crippen molar-refractivity contribution in [3.8, 4) is 5.75 Å². The fourth-order valence-corrected chi connectivity index (χ4v) is 3.52. The number of nitrogens with zero attached hydrogens (tertiary/aromatic N) is 3. The minimum absolute atomic E-state index is 0. The molecule has 7 nitrogen and oxygen atoms in total. The molecule has 0 amide bonds. The van der Waals surface area contributed by atoms with Crippen LogP contribution in [0.4, 0.5) is 0 Å². The molecule has 166 valence electrons. The van der Waals surface area contributed by atoms with Crippen molar-refractivity contribution in [3.05, 3.63) is 29.8 Å². The Bertz CT molecular complexity index is 615. The highest BCUT2D eigenvalue weighted by atomic mass is 127. The van der Waals surface area contributed by atoms with E-state index in [2.05, 4.69) is 46.3 Å². The lowest BCUT2D eigenvalue weighted by atomic mass is 10.1. The van der Waals surface area contributed by atoms with Crippen molar-refractivity contribution in [1.82, 2.24) is 15.1 Å². The predicted octanol–water partition coefficient (Wildman–Crippen LogP) is 2.48. The van der Waals surface area contributed by atoms with Gasteiger partial charge in [-0.1, -0.05) is 12.1 Å². The molecule has 1 aromatic rings. The normalized spacial score (nSPS) is 17.9. The Balaban J connectivity index is 0.00000420. The van der Waals surface area contributed by atoms with E-state index >= 15 is 0 Å². The van der Waals surface area contributed by atoms with Crippen molar-refractivity contribution in [3.63, 3.8) is 0 Å². The Morgan fingerprint density at radius 1 is 1.31 bits per heavy atom. The van der Waals surface area contributed by atoms with Crippen LogP contribution < -0.4 is 10.1 Å². The first kappa shape index (κ1) is 25.9. The second kappa shape index (κ2) is 14.0. The summed E-state index contributed by atoms with van der Waals surface area (Å²) in [6.07, 6.45) is 1.13. The molecule has 1 aliphatic heterocycles. The molecular formula is C21H37IN4O3. The van der Waals surface area contributed by atoms with Crippen molar-refractivity contribution in [2.24, 2.45) is 10.9 Å². The van der Waals surface area contributed by atoms with Crippen molar-refractivity contribution >= 4 is 29.9 Å². The van der Waals surface area contributed by atoms with Gasteiger partial charge in [-0.2, -0.15) is 0 Å². The second-order valence-electron chi connectivity index (χ2n) is 7.35. The number of nitrogens with one attached hydrogen (secondary N) is 1. The molecule has 2 rings (SSSR count). The third kappa shape index (κ3) is 8.27. The molecule has 0 spiro atoms. The third-order valence-electron chi connectivity index (χ3n) is 5.14. The molecule has 1 saturated heterocycles. The Labute approximate surface area is 192 Å². The highest BCUT2D eigenvalue weighted by Crippen LogP contribution is 2.22. The third-order valence-corrected chi connectivity index (χ3v) is 5.14. The van der Waals surface area contributed by atoms with Gasteiger partial charge in [0.05, 0.1) is 33.0 Å². The van der Waals surface area contributed by atoms with Crippen LogP contribution in [0.25, 0.3) is 0 Å². The molecule has 1 aromatic carbocycles.